The third kappa shape index (κ3) is 2.78. The van der Waals surface area contributed by atoms with Gasteiger partial charge in [0.1, 0.15) is 12.4 Å². The molecule has 0 aliphatic heterocycles. The molecule has 2 aromatic carbocycles. The van der Waals surface area contributed by atoms with Crippen molar-refractivity contribution in [3.05, 3.63) is 66.7 Å². The van der Waals surface area contributed by atoms with E-state index in [0.717, 1.165) is 16.9 Å². The van der Waals surface area contributed by atoms with Crippen LogP contribution in [0.4, 0.5) is 0 Å². The van der Waals surface area contributed by atoms with Gasteiger partial charge in [-0.2, -0.15) is 5.26 Å². The monoisotopic (exact) mass is 235 g/mol. The van der Waals surface area contributed by atoms with E-state index in [1.165, 1.54) is 0 Å². The van der Waals surface area contributed by atoms with Gasteiger partial charge in [-0.1, -0.05) is 36.9 Å². The molecule has 2 nitrogen and oxygen atoms in total. The molecule has 0 radical (unpaired) electrons. The average Bonchev–Trinajstić information content (AvgIpc) is 2.46. The summed E-state index contributed by atoms with van der Waals surface area (Å²) in [6.07, 6.45) is 1.71. The Labute approximate surface area is 107 Å². The van der Waals surface area contributed by atoms with Crippen LogP contribution in [0.3, 0.4) is 0 Å². The maximum atomic E-state index is 8.87. The molecule has 0 heterocycles. The van der Waals surface area contributed by atoms with Gasteiger partial charge in [0.15, 0.2) is 0 Å². The van der Waals surface area contributed by atoms with E-state index in [0.29, 0.717) is 12.2 Å². The summed E-state index contributed by atoms with van der Waals surface area (Å²) >= 11 is 0. The van der Waals surface area contributed by atoms with Crippen molar-refractivity contribution in [2.75, 3.05) is 6.61 Å². The first-order chi connectivity index (χ1) is 8.83. The molecule has 0 unspecified atom stereocenters. The fourth-order valence-electron chi connectivity index (χ4n) is 1.67. The second-order valence-electron chi connectivity index (χ2n) is 3.82. The van der Waals surface area contributed by atoms with Gasteiger partial charge in [-0.05, 0) is 35.4 Å². The zero-order chi connectivity index (χ0) is 12.8. The van der Waals surface area contributed by atoms with E-state index in [9.17, 15) is 0 Å². The molecule has 2 rings (SSSR count). The molecule has 0 aliphatic carbocycles. The summed E-state index contributed by atoms with van der Waals surface area (Å²) < 4.78 is 5.42. The van der Waals surface area contributed by atoms with Crippen molar-refractivity contribution in [3.8, 4) is 22.9 Å². The number of nitriles is 1. The van der Waals surface area contributed by atoms with Gasteiger partial charge in [0.25, 0.3) is 0 Å². The van der Waals surface area contributed by atoms with Crippen molar-refractivity contribution < 1.29 is 4.74 Å². The number of hydrogen-bond donors (Lipinski definition) is 0. The van der Waals surface area contributed by atoms with Crippen LogP contribution < -0.4 is 4.74 Å². The third-order valence-electron chi connectivity index (χ3n) is 2.55. The summed E-state index contributed by atoms with van der Waals surface area (Å²) in [6, 6.07) is 17.5. The molecular formula is C16H13NO. The average molecular weight is 235 g/mol. The van der Waals surface area contributed by atoms with Crippen molar-refractivity contribution in [2.24, 2.45) is 0 Å². The first-order valence-electron chi connectivity index (χ1n) is 5.68. The van der Waals surface area contributed by atoms with E-state index in [4.69, 9.17) is 10.00 Å². The first kappa shape index (κ1) is 11.9. The van der Waals surface area contributed by atoms with Crippen LogP contribution in [0.25, 0.3) is 11.1 Å². The molecule has 18 heavy (non-hydrogen) atoms. The number of rotatable bonds is 4. The molecular weight excluding hydrogens is 222 g/mol. The Balaban J connectivity index is 2.23. The summed E-state index contributed by atoms with van der Waals surface area (Å²) in [7, 11) is 0. The molecule has 0 N–H and O–H groups in total. The van der Waals surface area contributed by atoms with E-state index in [-0.39, 0.29) is 0 Å². The predicted octanol–water partition coefficient (Wildman–Crippen LogP) is 3.79. The third-order valence-corrected chi connectivity index (χ3v) is 2.55. The summed E-state index contributed by atoms with van der Waals surface area (Å²) in [5.74, 6) is 0.815. The van der Waals surface area contributed by atoms with E-state index in [1.54, 1.807) is 12.1 Å². The quantitative estimate of drug-likeness (QED) is 0.755. The topological polar surface area (TPSA) is 33.0 Å². The smallest absolute Gasteiger partial charge is 0.119 e. The van der Waals surface area contributed by atoms with Crippen molar-refractivity contribution >= 4 is 0 Å². The minimum Gasteiger partial charge on any atom is -0.490 e. The van der Waals surface area contributed by atoms with Gasteiger partial charge >= 0.3 is 0 Å². The molecule has 2 heteroatoms. The summed E-state index contributed by atoms with van der Waals surface area (Å²) in [4.78, 5) is 0. The fraction of sp³-hybridized carbons (Fsp3) is 0.0625. The molecule has 0 saturated carbocycles. The molecule has 0 bridgehead atoms. The summed E-state index contributed by atoms with van der Waals surface area (Å²) in [5, 5.41) is 8.87. The first-order valence-corrected chi connectivity index (χ1v) is 5.68. The molecule has 0 spiro atoms. The number of ether oxygens (including phenoxy) is 1. The highest BCUT2D eigenvalue weighted by Crippen LogP contribution is 2.23. The zero-order valence-electron chi connectivity index (χ0n) is 9.97. The van der Waals surface area contributed by atoms with Crippen LogP contribution in [-0.4, -0.2) is 6.61 Å². The summed E-state index contributed by atoms with van der Waals surface area (Å²) in [5.41, 5.74) is 2.77. The van der Waals surface area contributed by atoms with Crippen LogP contribution in [0.15, 0.2) is 61.2 Å². The maximum Gasteiger partial charge on any atom is 0.119 e. The normalized spacial score (nSPS) is 9.50. The molecule has 2 aromatic rings. The van der Waals surface area contributed by atoms with Gasteiger partial charge in [0.05, 0.1) is 11.6 Å². The van der Waals surface area contributed by atoms with E-state index in [1.807, 2.05) is 42.5 Å². The van der Waals surface area contributed by atoms with Gasteiger partial charge in [0, 0.05) is 0 Å². The maximum absolute atomic E-state index is 8.87. The van der Waals surface area contributed by atoms with Gasteiger partial charge in [-0.15, -0.1) is 0 Å². The van der Waals surface area contributed by atoms with Crippen LogP contribution >= 0.6 is 0 Å². The molecule has 0 aliphatic rings. The lowest BCUT2D eigenvalue weighted by molar-refractivity contribution is 0.363. The van der Waals surface area contributed by atoms with Crippen LogP contribution in [0, 0.1) is 11.3 Å². The highest BCUT2D eigenvalue weighted by molar-refractivity contribution is 5.65. The van der Waals surface area contributed by atoms with E-state index in [2.05, 4.69) is 12.6 Å². The Kier molecular flexibility index (Phi) is 3.78. The molecule has 88 valence electrons. The Hall–Kier alpha value is -2.53. The van der Waals surface area contributed by atoms with Crippen LogP contribution in [-0.2, 0) is 0 Å². The van der Waals surface area contributed by atoms with Crippen molar-refractivity contribution in [3.63, 3.8) is 0 Å². The van der Waals surface area contributed by atoms with Gasteiger partial charge < -0.3 is 4.74 Å². The second kappa shape index (κ2) is 5.70. The Morgan fingerprint density at radius 1 is 1.11 bits per heavy atom. The second-order valence-corrected chi connectivity index (χ2v) is 3.82. The van der Waals surface area contributed by atoms with Crippen molar-refractivity contribution in [2.45, 2.75) is 0 Å². The molecule has 0 fully saturated rings. The SMILES string of the molecule is C=CCOc1ccc(-c2cccc(C#N)c2)cc1. The molecule has 0 amide bonds. The lowest BCUT2D eigenvalue weighted by atomic mass is 10.0. The number of hydrogen-bond acceptors (Lipinski definition) is 2. The molecule has 0 saturated heterocycles. The minimum atomic E-state index is 0.503. The lowest BCUT2D eigenvalue weighted by Crippen LogP contribution is -1.92. The van der Waals surface area contributed by atoms with Gasteiger partial charge in [-0.3, -0.25) is 0 Å². The van der Waals surface area contributed by atoms with Gasteiger partial charge in [0.2, 0.25) is 0 Å². The Morgan fingerprint density at radius 2 is 1.89 bits per heavy atom. The lowest BCUT2D eigenvalue weighted by Gasteiger charge is -2.05. The van der Waals surface area contributed by atoms with Crippen LogP contribution in [0.1, 0.15) is 5.56 Å². The number of nitrogens with zero attached hydrogens (tertiary/aromatic N) is 1. The molecule has 0 aromatic heterocycles. The van der Waals surface area contributed by atoms with Gasteiger partial charge in [-0.25, -0.2) is 0 Å². The van der Waals surface area contributed by atoms with Crippen LogP contribution in [0.5, 0.6) is 5.75 Å². The fourth-order valence-corrected chi connectivity index (χ4v) is 1.67. The Bertz CT molecular complexity index is 579. The van der Waals surface area contributed by atoms with Crippen molar-refractivity contribution in [1.82, 2.24) is 0 Å². The zero-order valence-corrected chi connectivity index (χ0v) is 9.97. The van der Waals surface area contributed by atoms with E-state index < -0.39 is 0 Å². The van der Waals surface area contributed by atoms with E-state index >= 15 is 0 Å². The Morgan fingerprint density at radius 3 is 2.56 bits per heavy atom. The highest BCUT2D eigenvalue weighted by atomic mass is 16.5. The van der Waals surface area contributed by atoms with Crippen molar-refractivity contribution in [1.29, 1.82) is 5.26 Å². The highest BCUT2D eigenvalue weighted by Gasteiger charge is 1.99. The van der Waals surface area contributed by atoms with Crippen LogP contribution in [0.2, 0.25) is 0 Å². The largest absolute Gasteiger partial charge is 0.490 e. The summed E-state index contributed by atoms with van der Waals surface area (Å²) in [6.45, 7) is 4.11. The standard InChI is InChI=1S/C16H13NO/c1-2-10-18-16-8-6-14(7-9-16)15-5-3-4-13(11-15)12-17/h2-9,11H,1,10H2. The number of benzene rings is 2. The molecule has 0 atom stereocenters. The minimum absolute atomic E-state index is 0.503. The predicted molar refractivity (Wildman–Crippen MR) is 72.3 cm³/mol.